The molecule has 3 heterocycles. The van der Waals surface area contributed by atoms with Crippen molar-refractivity contribution in [1.29, 1.82) is 0 Å². The summed E-state index contributed by atoms with van der Waals surface area (Å²) in [6, 6.07) is 147. The molecule has 22 aromatic carbocycles. The topological polar surface area (TPSA) is 0 Å². The lowest BCUT2D eigenvalue weighted by molar-refractivity contribution is 0.660. The third kappa shape index (κ3) is 11.7. The Kier molecular flexibility index (Phi) is 17.0. The molecule has 0 radical (unpaired) electrons. The summed E-state index contributed by atoms with van der Waals surface area (Å²) in [5.41, 5.74) is 25.0. The molecule has 3 aromatic heterocycles. The lowest BCUT2D eigenvalue weighted by Gasteiger charge is -2.23. The molecule has 0 atom stereocenters. The van der Waals surface area contributed by atoms with Crippen molar-refractivity contribution in [2.45, 2.75) is 40.0 Å². The number of fused-ring (bicyclic) bond motifs is 22. The van der Waals surface area contributed by atoms with Crippen molar-refractivity contribution in [1.82, 2.24) is 0 Å². The minimum absolute atomic E-state index is 0.0389. The molecular formula is C120H80S3. The van der Waals surface area contributed by atoms with Crippen molar-refractivity contribution >= 4 is 191 Å². The van der Waals surface area contributed by atoms with Crippen molar-refractivity contribution < 1.29 is 0 Å². The average Bonchev–Trinajstić information content (AvgIpc) is 1.69. The summed E-state index contributed by atoms with van der Waals surface area (Å²) in [5.74, 6) is 0. The van der Waals surface area contributed by atoms with E-state index in [1.54, 1.807) is 0 Å². The van der Waals surface area contributed by atoms with E-state index in [9.17, 15) is 0 Å². The Morgan fingerprint density at radius 3 is 0.951 bits per heavy atom. The van der Waals surface area contributed by atoms with Crippen LogP contribution in [0.15, 0.2) is 394 Å². The summed E-state index contributed by atoms with van der Waals surface area (Å²) >= 11 is 5.63. The Bertz CT molecular complexity index is 8770. The van der Waals surface area contributed by atoms with Gasteiger partial charge in [-0.2, -0.15) is 0 Å². The zero-order chi connectivity index (χ0) is 81.9. The van der Waals surface area contributed by atoms with Crippen molar-refractivity contribution in [2.75, 3.05) is 0 Å². The molecule has 0 amide bonds. The molecule has 123 heavy (non-hydrogen) atoms. The van der Waals surface area contributed by atoms with Gasteiger partial charge in [0.15, 0.2) is 0 Å². The van der Waals surface area contributed by atoms with E-state index in [1.165, 1.54) is 263 Å². The number of hydrogen-bond acceptors (Lipinski definition) is 3. The Morgan fingerprint density at radius 1 is 0.163 bits per heavy atom. The number of benzene rings is 22. The zero-order valence-corrected chi connectivity index (χ0v) is 71.2. The minimum atomic E-state index is -0.0389. The van der Waals surface area contributed by atoms with E-state index in [2.05, 4.69) is 429 Å². The molecule has 25 aromatic rings. The zero-order valence-electron chi connectivity index (χ0n) is 68.8. The lowest BCUT2D eigenvalue weighted by Crippen LogP contribution is -2.14. The second-order valence-electron chi connectivity index (χ2n) is 34.1. The molecule has 1 aliphatic carbocycles. The van der Waals surface area contributed by atoms with Gasteiger partial charge in [0.05, 0.1) is 0 Å². The van der Waals surface area contributed by atoms with E-state index in [0.717, 1.165) is 0 Å². The normalized spacial score (nSPS) is 12.5. The maximum Gasteiger partial charge on any atom is 0.0355 e. The number of rotatable bonds is 6. The van der Waals surface area contributed by atoms with Crippen LogP contribution < -0.4 is 0 Å². The fourth-order valence-electron chi connectivity index (χ4n) is 20.9. The van der Waals surface area contributed by atoms with Gasteiger partial charge in [-0.3, -0.25) is 0 Å². The smallest absolute Gasteiger partial charge is 0.0355 e. The molecule has 0 aliphatic heterocycles. The Balaban J connectivity index is 0.000000104. The fourth-order valence-corrected chi connectivity index (χ4v) is 24.2. The van der Waals surface area contributed by atoms with Crippen LogP contribution in [0, 0.1) is 20.8 Å². The van der Waals surface area contributed by atoms with Crippen LogP contribution in [0.1, 0.15) is 41.7 Å². The first kappa shape index (κ1) is 72.8. The molecule has 0 saturated heterocycles. The van der Waals surface area contributed by atoms with Gasteiger partial charge in [-0.15, -0.1) is 34.0 Å². The van der Waals surface area contributed by atoms with Gasteiger partial charge >= 0.3 is 0 Å². The predicted octanol–water partition coefficient (Wildman–Crippen LogP) is 35.8. The number of aryl methyl sites for hydroxylation is 3. The maximum absolute atomic E-state index is 2.47. The lowest BCUT2D eigenvalue weighted by atomic mass is 9.80. The summed E-state index contributed by atoms with van der Waals surface area (Å²) in [4.78, 5) is 0. The molecule has 0 N–H and O–H groups in total. The summed E-state index contributed by atoms with van der Waals surface area (Å²) in [7, 11) is 0. The highest BCUT2D eigenvalue weighted by Crippen LogP contribution is 2.55. The average molecular weight is 1620 g/mol. The van der Waals surface area contributed by atoms with Crippen molar-refractivity contribution in [3.05, 3.63) is 422 Å². The highest BCUT2D eigenvalue weighted by Gasteiger charge is 2.36. The van der Waals surface area contributed by atoms with Crippen molar-refractivity contribution in [3.8, 4) is 77.9 Å². The van der Waals surface area contributed by atoms with E-state index < -0.39 is 0 Å². The number of hydrogen-bond donors (Lipinski definition) is 0. The number of thiophene rings is 3. The Labute approximate surface area is 725 Å². The van der Waals surface area contributed by atoms with E-state index in [0.29, 0.717) is 0 Å². The Hall–Kier alpha value is -14.2. The van der Waals surface area contributed by atoms with E-state index in [-0.39, 0.29) is 5.41 Å². The molecule has 578 valence electrons. The maximum atomic E-state index is 2.47. The standard InChI is InChI=1S/C42H30S.C41H26S.C37H24S/c1-25-16-19-33-35(22-25)41(26-18-21-39-34(23-26)30-11-7-9-15-38(30)43-39)32-13-5-4-12-31(32)40(33)27-17-20-29-28-10-6-8-14-36(28)42(2,3)37(29)24-27;1-25-18-20-34-36(22-25)40(27-19-21-39-35(24-27)31-14-8-9-17-38(31)42-39)32-15-6-7-16-33(32)41(34)37-23-26-10-2-3-11-28(26)29-12-4-5-13-30(29)37;1-23-17-19-31-33(21-23)36(25-18-20-35-32(22-25)27-12-6-7-16-34(27)38-35)29-13-4-5-14-30(29)37(31)28-15-8-10-24-9-2-3-11-26(24)28/h4-24H,1-3H3;2-24H,1H3;2-22H,1H3. The molecular weight excluding hydrogens is 1540 g/mol. The second kappa shape index (κ2) is 28.8. The van der Waals surface area contributed by atoms with Crippen LogP contribution in [0.4, 0.5) is 0 Å². The monoisotopic (exact) mass is 1620 g/mol. The van der Waals surface area contributed by atoms with Crippen molar-refractivity contribution in [2.24, 2.45) is 0 Å². The van der Waals surface area contributed by atoms with Crippen LogP contribution in [0.5, 0.6) is 0 Å². The van der Waals surface area contributed by atoms with Crippen LogP contribution >= 0.6 is 34.0 Å². The first-order valence-electron chi connectivity index (χ1n) is 42.7. The summed E-state index contributed by atoms with van der Waals surface area (Å²) in [5, 5.41) is 31.4. The molecule has 0 unspecified atom stereocenters. The first-order valence-corrected chi connectivity index (χ1v) is 45.2. The van der Waals surface area contributed by atoms with Crippen LogP contribution in [0.2, 0.25) is 0 Å². The molecule has 26 rings (SSSR count). The van der Waals surface area contributed by atoms with Crippen molar-refractivity contribution in [3.63, 3.8) is 0 Å². The predicted molar refractivity (Wildman–Crippen MR) is 540 cm³/mol. The van der Waals surface area contributed by atoms with E-state index in [1.807, 2.05) is 34.0 Å². The third-order valence-corrected chi connectivity index (χ3v) is 30.0. The SMILES string of the molecule is Cc1ccc2c(-c3cc4ccccc4c4ccccc34)c3ccccc3c(-c3ccc4sc5ccccc5c4c3)c2c1.Cc1ccc2c(-c3ccc4c(c3)C(C)(C)c3ccccc3-4)c3ccccc3c(-c3ccc4sc5ccccc5c4c3)c2c1.Cc1ccc2c(-c3cccc4ccccc34)c3ccccc3c(-c3ccc4sc5ccccc5c4c3)c2c1. The van der Waals surface area contributed by atoms with Gasteiger partial charge in [0.25, 0.3) is 0 Å². The van der Waals surface area contributed by atoms with E-state index in [4.69, 9.17) is 0 Å². The molecule has 0 spiro atoms. The van der Waals surface area contributed by atoms with Gasteiger partial charge in [0.1, 0.15) is 0 Å². The highest BCUT2D eigenvalue weighted by molar-refractivity contribution is 7.26. The van der Waals surface area contributed by atoms with Gasteiger partial charge in [0, 0.05) is 65.9 Å². The summed E-state index contributed by atoms with van der Waals surface area (Å²) < 4.78 is 8.05. The van der Waals surface area contributed by atoms with Gasteiger partial charge in [0.2, 0.25) is 0 Å². The first-order chi connectivity index (χ1) is 60.5. The van der Waals surface area contributed by atoms with E-state index >= 15 is 0 Å². The fraction of sp³-hybridized carbons (Fsp3) is 0.0500. The minimum Gasteiger partial charge on any atom is -0.135 e. The van der Waals surface area contributed by atoms with Crippen LogP contribution in [0.3, 0.4) is 0 Å². The quantitative estimate of drug-likeness (QED) is 0.115. The molecule has 0 bridgehead atoms. The highest BCUT2D eigenvalue weighted by atomic mass is 32.1. The molecule has 0 nitrogen and oxygen atoms in total. The van der Waals surface area contributed by atoms with Crippen LogP contribution in [-0.4, -0.2) is 0 Å². The Morgan fingerprint density at radius 2 is 0.472 bits per heavy atom. The van der Waals surface area contributed by atoms with Crippen LogP contribution in [0.25, 0.3) is 235 Å². The third-order valence-electron chi connectivity index (χ3n) is 26.5. The summed E-state index contributed by atoms with van der Waals surface area (Å²) in [6.45, 7) is 11.4. The largest absolute Gasteiger partial charge is 0.135 e. The van der Waals surface area contributed by atoms with Gasteiger partial charge in [-0.25, -0.2) is 0 Å². The second-order valence-corrected chi connectivity index (χ2v) is 37.4. The molecule has 3 heteroatoms. The van der Waals surface area contributed by atoms with Gasteiger partial charge in [-0.1, -0.05) is 358 Å². The van der Waals surface area contributed by atoms with Gasteiger partial charge in [-0.05, 0) is 273 Å². The van der Waals surface area contributed by atoms with Gasteiger partial charge < -0.3 is 0 Å². The summed E-state index contributed by atoms with van der Waals surface area (Å²) in [6.07, 6.45) is 0. The molecule has 0 saturated carbocycles. The molecule has 0 fully saturated rings. The molecule has 1 aliphatic rings. The van der Waals surface area contributed by atoms with Crippen LogP contribution in [-0.2, 0) is 5.41 Å².